The molecule has 2 N–H and O–H groups in total. The Labute approximate surface area is 171 Å². The van der Waals surface area contributed by atoms with Crippen molar-refractivity contribution in [2.24, 2.45) is 0 Å². The smallest absolute Gasteiger partial charge is 0.303 e. The lowest BCUT2D eigenvalue weighted by atomic mass is 9.86. The van der Waals surface area contributed by atoms with Crippen LogP contribution in [0.15, 0.2) is 24.3 Å². The number of ketones is 1. The van der Waals surface area contributed by atoms with Crippen LogP contribution in [0, 0.1) is 13.8 Å². The highest BCUT2D eigenvalue weighted by molar-refractivity contribution is 5.97. The Morgan fingerprint density at radius 1 is 1.03 bits per heavy atom. The fourth-order valence-electron chi connectivity index (χ4n) is 4.26. The van der Waals surface area contributed by atoms with Gasteiger partial charge in [-0.15, -0.1) is 0 Å². The zero-order valence-corrected chi connectivity index (χ0v) is 17.2. The number of carbonyl (C=O) groups is 2. The summed E-state index contributed by atoms with van der Waals surface area (Å²) in [6.45, 7) is 3.94. The second-order valence-corrected chi connectivity index (χ2v) is 8.12. The Bertz CT molecular complexity index is 890. The molecule has 1 aromatic carbocycles. The van der Waals surface area contributed by atoms with Crippen LogP contribution in [0.5, 0.6) is 5.75 Å². The van der Waals surface area contributed by atoms with Gasteiger partial charge in [-0.05, 0) is 67.6 Å². The minimum atomic E-state index is -0.962. The Morgan fingerprint density at radius 2 is 1.69 bits per heavy atom. The summed E-state index contributed by atoms with van der Waals surface area (Å²) in [5, 5.41) is 19.1. The van der Waals surface area contributed by atoms with Crippen molar-refractivity contribution in [3.8, 4) is 5.75 Å². The van der Waals surface area contributed by atoms with E-state index in [1.54, 1.807) is 6.07 Å². The number of aliphatic carboxylic acids is 1. The van der Waals surface area contributed by atoms with Gasteiger partial charge in [-0.3, -0.25) is 14.6 Å². The minimum Gasteiger partial charge on any atom is -0.506 e. The number of hydrogen-bond acceptors (Lipinski definition) is 4. The SMILES string of the molecule is Cc1cc(C(=O)CCC(=O)O)cc(C)c1Cc1ccc(O)c(C2CCCCC2)n1. The van der Waals surface area contributed by atoms with Crippen LogP contribution in [0.1, 0.15) is 89.3 Å². The van der Waals surface area contributed by atoms with E-state index in [0.29, 0.717) is 17.9 Å². The first-order valence-electron chi connectivity index (χ1n) is 10.4. The van der Waals surface area contributed by atoms with Gasteiger partial charge in [-0.25, -0.2) is 0 Å². The quantitative estimate of drug-likeness (QED) is 0.638. The lowest BCUT2D eigenvalue weighted by molar-refractivity contribution is -0.136. The van der Waals surface area contributed by atoms with Gasteiger partial charge in [0.25, 0.3) is 0 Å². The van der Waals surface area contributed by atoms with Crippen molar-refractivity contribution in [3.63, 3.8) is 0 Å². The normalized spacial score (nSPS) is 14.7. The number of aryl methyl sites for hydroxylation is 2. The molecular weight excluding hydrogens is 366 g/mol. The summed E-state index contributed by atoms with van der Waals surface area (Å²) in [5.74, 6) is -0.489. The molecular formula is C24H29NO4. The van der Waals surface area contributed by atoms with Gasteiger partial charge in [0.2, 0.25) is 0 Å². The number of carboxylic acids is 1. The first-order chi connectivity index (χ1) is 13.8. The number of carboxylic acid groups (broad SMARTS) is 1. The first-order valence-corrected chi connectivity index (χ1v) is 10.4. The second-order valence-electron chi connectivity index (χ2n) is 8.12. The first kappa shape index (κ1) is 21.0. The van der Waals surface area contributed by atoms with E-state index in [2.05, 4.69) is 0 Å². The van der Waals surface area contributed by atoms with Crippen LogP contribution < -0.4 is 0 Å². The average Bonchev–Trinajstić information content (AvgIpc) is 2.70. The standard InChI is InChI=1S/C24H29NO4/c1-15-12-18(21(26)10-11-23(28)29)13-16(2)20(15)14-19-8-9-22(27)24(25-19)17-6-4-3-5-7-17/h8-9,12-13,17,27H,3-7,10-11,14H2,1-2H3,(H,28,29). The zero-order chi connectivity index (χ0) is 21.0. The van der Waals surface area contributed by atoms with Crippen molar-refractivity contribution in [2.75, 3.05) is 0 Å². The third-order valence-electron chi connectivity index (χ3n) is 5.89. The molecule has 154 valence electrons. The molecule has 3 rings (SSSR count). The molecule has 5 nitrogen and oxygen atoms in total. The number of nitrogens with zero attached hydrogens (tertiary/aromatic N) is 1. The fourth-order valence-corrected chi connectivity index (χ4v) is 4.26. The van der Waals surface area contributed by atoms with Gasteiger partial charge < -0.3 is 10.2 Å². The molecule has 0 saturated heterocycles. The summed E-state index contributed by atoms with van der Waals surface area (Å²) in [6.07, 6.45) is 6.29. The molecule has 1 fully saturated rings. The van der Waals surface area contributed by atoms with E-state index in [9.17, 15) is 14.7 Å². The van der Waals surface area contributed by atoms with Crippen LogP contribution in [0.4, 0.5) is 0 Å². The lowest BCUT2D eigenvalue weighted by Gasteiger charge is -2.22. The van der Waals surface area contributed by atoms with Gasteiger partial charge in [-0.2, -0.15) is 0 Å². The number of hydrogen-bond donors (Lipinski definition) is 2. The highest BCUT2D eigenvalue weighted by atomic mass is 16.4. The van der Waals surface area contributed by atoms with Crippen LogP contribution in [0.25, 0.3) is 0 Å². The Hall–Kier alpha value is -2.69. The van der Waals surface area contributed by atoms with Crippen LogP contribution in [-0.2, 0) is 11.2 Å². The van der Waals surface area contributed by atoms with Gasteiger partial charge in [0.1, 0.15) is 5.75 Å². The van der Waals surface area contributed by atoms with Gasteiger partial charge in [0.15, 0.2) is 5.78 Å². The molecule has 0 bridgehead atoms. The second kappa shape index (κ2) is 9.21. The molecule has 5 heteroatoms. The van der Waals surface area contributed by atoms with Crippen molar-refractivity contribution >= 4 is 11.8 Å². The molecule has 1 heterocycles. The molecule has 1 aliphatic rings. The molecule has 1 saturated carbocycles. The molecule has 0 amide bonds. The zero-order valence-electron chi connectivity index (χ0n) is 17.2. The molecule has 0 unspecified atom stereocenters. The number of rotatable bonds is 7. The highest BCUT2D eigenvalue weighted by Crippen LogP contribution is 2.36. The molecule has 2 aromatic rings. The summed E-state index contributed by atoms with van der Waals surface area (Å²) < 4.78 is 0. The average molecular weight is 395 g/mol. The van der Waals surface area contributed by atoms with E-state index in [1.165, 1.54) is 19.3 Å². The summed E-state index contributed by atoms with van der Waals surface area (Å²) in [4.78, 5) is 27.8. The van der Waals surface area contributed by atoms with Gasteiger partial charge in [0, 0.05) is 30.0 Å². The summed E-state index contributed by atoms with van der Waals surface area (Å²) in [6, 6.07) is 7.30. The van der Waals surface area contributed by atoms with E-state index in [1.807, 2.05) is 32.0 Å². The van der Waals surface area contributed by atoms with E-state index >= 15 is 0 Å². The minimum absolute atomic E-state index is 0.0117. The third-order valence-corrected chi connectivity index (χ3v) is 5.89. The molecule has 1 aliphatic carbocycles. The van der Waals surface area contributed by atoms with Gasteiger partial charge in [0.05, 0.1) is 12.1 Å². The fraction of sp³-hybridized carbons (Fsp3) is 0.458. The molecule has 0 radical (unpaired) electrons. The number of benzene rings is 1. The summed E-state index contributed by atoms with van der Waals surface area (Å²) in [7, 11) is 0. The molecule has 29 heavy (non-hydrogen) atoms. The van der Waals surface area contributed by atoms with E-state index in [-0.39, 0.29) is 24.4 Å². The molecule has 0 atom stereocenters. The number of aromatic hydroxyl groups is 1. The van der Waals surface area contributed by atoms with Crippen molar-refractivity contribution < 1.29 is 19.8 Å². The number of Topliss-reactive ketones (excluding diaryl/α,β-unsaturated/α-hetero) is 1. The van der Waals surface area contributed by atoms with E-state index in [4.69, 9.17) is 10.1 Å². The van der Waals surface area contributed by atoms with Crippen LogP contribution in [-0.4, -0.2) is 26.9 Å². The van der Waals surface area contributed by atoms with E-state index in [0.717, 1.165) is 40.9 Å². The Morgan fingerprint density at radius 3 is 2.31 bits per heavy atom. The molecule has 1 aromatic heterocycles. The predicted octanol–water partition coefficient (Wildman–Crippen LogP) is 5.09. The maximum absolute atomic E-state index is 12.3. The Kier molecular flexibility index (Phi) is 6.68. The summed E-state index contributed by atoms with van der Waals surface area (Å²) in [5.41, 5.74) is 5.41. The van der Waals surface area contributed by atoms with Crippen LogP contribution in [0.2, 0.25) is 0 Å². The van der Waals surface area contributed by atoms with Gasteiger partial charge >= 0.3 is 5.97 Å². The van der Waals surface area contributed by atoms with Crippen LogP contribution >= 0.6 is 0 Å². The highest BCUT2D eigenvalue weighted by Gasteiger charge is 2.21. The van der Waals surface area contributed by atoms with E-state index < -0.39 is 5.97 Å². The number of pyridine rings is 1. The van der Waals surface area contributed by atoms with Crippen molar-refractivity contribution in [2.45, 2.75) is 71.1 Å². The monoisotopic (exact) mass is 395 g/mol. The summed E-state index contributed by atoms with van der Waals surface area (Å²) >= 11 is 0. The maximum atomic E-state index is 12.3. The predicted molar refractivity (Wildman–Crippen MR) is 112 cm³/mol. The van der Waals surface area contributed by atoms with Gasteiger partial charge in [-0.1, -0.05) is 19.3 Å². The van der Waals surface area contributed by atoms with Crippen LogP contribution in [0.3, 0.4) is 0 Å². The Balaban J connectivity index is 1.81. The molecule has 0 spiro atoms. The van der Waals surface area contributed by atoms with Crippen molar-refractivity contribution in [1.82, 2.24) is 4.98 Å². The lowest BCUT2D eigenvalue weighted by Crippen LogP contribution is -2.09. The topological polar surface area (TPSA) is 87.5 Å². The molecule has 0 aliphatic heterocycles. The number of carbonyl (C=O) groups excluding carboxylic acids is 1. The van der Waals surface area contributed by atoms with Crippen molar-refractivity contribution in [1.29, 1.82) is 0 Å². The largest absolute Gasteiger partial charge is 0.506 e. The number of aromatic nitrogens is 1. The maximum Gasteiger partial charge on any atom is 0.303 e. The van der Waals surface area contributed by atoms with Crippen molar-refractivity contribution in [3.05, 3.63) is 57.9 Å². The third kappa shape index (κ3) is 5.22.